The molecule has 22 heavy (non-hydrogen) atoms. The van der Waals surface area contributed by atoms with Gasteiger partial charge in [0, 0.05) is 24.2 Å². The Morgan fingerprint density at radius 3 is 2.64 bits per heavy atom. The van der Waals surface area contributed by atoms with E-state index in [0.717, 1.165) is 11.1 Å². The molecule has 0 aliphatic heterocycles. The number of ether oxygens (including phenoxy) is 1. The van der Waals surface area contributed by atoms with Crippen molar-refractivity contribution in [1.82, 2.24) is 5.32 Å². The van der Waals surface area contributed by atoms with Gasteiger partial charge < -0.3 is 15.2 Å². The number of halogens is 1. The predicted octanol–water partition coefficient (Wildman–Crippen LogP) is 3.53. The van der Waals surface area contributed by atoms with E-state index in [1.807, 2.05) is 38.1 Å². The van der Waals surface area contributed by atoms with E-state index in [-0.39, 0.29) is 11.9 Å². The molecule has 0 aliphatic carbocycles. The molecule has 0 aromatic heterocycles. The number of benzene rings is 2. The summed E-state index contributed by atoms with van der Waals surface area (Å²) in [5.74, 6) is 0.178. The molecule has 2 atom stereocenters. The van der Waals surface area contributed by atoms with E-state index in [9.17, 15) is 9.50 Å². The van der Waals surface area contributed by atoms with Crippen molar-refractivity contribution in [2.45, 2.75) is 26.0 Å². The molecule has 2 rings (SSSR count). The topological polar surface area (TPSA) is 41.5 Å². The summed E-state index contributed by atoms with van der Waals surface area (Å²) in [6.45, 7) is 4.21. The van der Waals surface area contributed by atoms with Crippen LogP contribution in [0.15, 0.2) is 42.5 Å². The van der Waals surface area contributed by atoms with Gasteiger partial charge in [0.05, 0.1) is 13.2 Å². The first-order valence-corrected chi connectivity index (χ1v) is 7.32. The van der Waals surface area contributed by atoms with Crippen LogP contribution in [0.2, 0.25) is 0 Å². The van der Waals surface area contributed by atoms with Crippen LogP contribution in [0.25, 0.3) is 0 Å². The molecule has 0 aliphatic rings. The van der Waals surface area contributed by atoms with Crippen molar-refractivity contribution in [3.8, 4) is 5.75 Å². The van der Waals surface area contributed by atoms with Crippen LogP contribution >= 0.6 is 0 Å². The van der Waals surface area contributed by atoms with Gasteiger partial charge in [-0.25, -0.2) is 4.39 Å². The molecule has 0 radical (unpaired) electrons. The van der Waals surface area contributed by atoms with Crippen LogP contribution in [0.4, 0.5) is 4.39 Å². The lowest BCUT2D eigenvalue weighted by Gasteiger charge is -2.19. The highest BCUT2D eigenvalue weighted by atomic mass is 19.1. The summed E-state index contributed by atoms with van der Waals surface area (Å²) in [5.41, 5.74) is 2.51. The van der Waals surface area contributed by atoms with Crippen LogP contribution in [0.5, 0.6) is 5.75 Å². The van der Waals surface area contributed by atoms with Gasteiger partial charge in [-0.2, -0.15) is 0 Å². The highest BCUT2D eigenvalue weighted by molar-refractivity contribution is 5.30. The Bertz CT molecular complexity index is 630. The van der Waals surface area contributed by atoms with Crippen molar-refractivity contribution < 1.29 is 14.2 Å². The zero-order valence-electron chi connectivity index (χ0n) is 13.1. The van der Waals surface area contributed by atoms with Crippen molar-refractivity contribution in [1.29, 1.82) is 0 Å². The van der Waals surface area contributed by atoms with Crippen molar-refractivity contribution in [2.24, 2.45) is 0 Å². The average molecular weight is 303 g/mol. The van der Waals surface area contributed by atoms with Gasteiger partial charge in [-0.1, -0.05) is 35.9 Å². The first-order chi connectivity index (χ1) is 10.5. The summed E-state index contributed by atoms with van der Waals surface area (Å²) in [4.78, 5) is 0. The van der Waals surface area contributed by atoms with Crippen LogP contribution in [0, 0.1) is 12.7 Å². The minimum absolute atomic E-state index is 0.203. The summed E-state index contributed by atoms with van der Waals surface area (Å²) in [7, 11) is 1.51. The summed E-state index contributed by atoms with van der Waals surface area (Å²) in [6, 6.07) is 12.3. The molecular formula is C18H22FNO2. The molecule has 0 fully saturated rings. The second-order valence-electron chi connectivity index (χ2n) is 5.45. The Morgan fingerprint density at radius 2 is 2.00 bits per heavy atom. The molecule has 2 aromatic carbocycles. The third kappa shape index (κ3) is 4.06. The van der Waals surface area contributed by atoms with Crippen molar-refractivity contribution in [2.75, 3.05) is 13.7 Å². The smallest absolute Gasteiger partial charge is 0.131 e. The number of hydrogen-bond donors (Lipinski definition) is 2. The van der Waals surface area contributed by atoms with E-state index < -0.39 is 6.10 Å². The standard InChI is InChI=1S/C18H22FNO2/c1-12-5-4-6-14(9-12)18(21)11-20-13(2)16-8-7-15(22-3)10-17(16)19/h4-10,13,18,20-21H,11H2,1-3H3. The van der Waals surface area contributed by atoms with E-state index in [4.69, 9.17) is 4.74 Å². The summed E-state index contributed by atoms with van der Waals surface area (Å²) < 4.78 is 19.0. The van der Waals surface area contributed by atoms with Crippen LogP contribution < -0.4 is 10.1 Å². The number of aliphatic hydroxyl groups excluding tert-OH is 1. The lowest BCUT2D eigenvalue weighted by atomic mass is 10.0. The minimum Gasteiger partial charge on any atom is -0.497 e. The molecule has 118 valence electrons. The fraction of sp³-hybridized carbons (Fsp3) is 0.333. The van der Waals surface area contributed by atoms with E-state index in [0.29, 0.717) is 17.9 Å². The normalized spacial score (nSPS) is 13.7. The van der Waals surface area contributed by atoms with Gasteiger partial charge in [-0.3, -0.25) is 0 Å². The van der Waals surface area contributed by atoms with Crippen molar-refractivity contribution in [3.05, 3.63) is 65.0 Å². The largest absolute Gasteiger partial charge is 0.497 e. The van der Waals surface area contributed by atoms with Gasteiger partial charge in [0.15, 0.2) is 0 Å². The Balaban J connectivity index is 1.99. The minimum atomic E-state index is -0.622. The maximum atomic E-state index is 14.0. The first kappa shape index (κ1) is 16.5. The van der Waals surface area contributed by atoms with Crippen LogP contribution in [-0.2, 0) is 0 Å². The number of hydrogen-bond acceptors (Lipinski definition) is 3. The van der Waals surface area contributed by atoms with Gasteiger partial charge in [0.2, 0.25) is 0 Å². The van der Waals surface area contributed by atoms with Gasteiger partial charge >= 0.3 is 0 Å². The van der Waals surface area contributed by atoms with Crippen LogP contribution in [0.3, 0.4) is 0 Å². The zero-order chi connectivity index (χ0) is 16.1. The molecule has 0 spiro atoms. The number of aryl methyl sites for hydroxylation is 1. The van der Waals surface area contributed by atoms with Crippen molar-refractivity contribution in [3.63, 3.8) is 0 Å². The maximum Gasteiger partial charge on any atom is 0.131 e. The second kappa shape index (κ2) is 7.38. The Kier molecular flexibility index (Phi) is 5.52. The quantitative estimate of drug-likeness (QED) is 0.858. The third-order valence-corrected chi connectivity index (χ3v) is 3.72. The molecular weight excluding hydrogens is 281 g/mol. The van der Waals surface area contributed by atoms with E-state index in [1.165, 1.54) is 13.2 Å². The van der Waals surface area contributed by atoms with Gasteiger partial charge in [-0.05, 0) is 25.5 Å². The van der Waals surface area contributed by atoms with Gasteiger partial charge in [0.1, 0.15) is 11.6 Å². The fourth-order valence-corrected chi connectivity index (χ4v) is 2.38. The Labute approximate surface area is 130 Å². The fourth-order valence-electron chi connectivity index (χ4n) is 2.38. The zero-order valence-corrected chi connectivity index (χ0v) is 13.1. The molecule has 0 saturated carbocycles. The van der Waals surface area contributed by atoms with E-state index in [2.05, 4.69) is 5.32 Å². The number of methoxy groups -OCH3 is 1. The average Bonchev–Trinajstić information content (AvgIpc) is 2.52. The predicted molar refractivity (Wildman–Crippen MR) is 85.5 cm³/mol. The summed E-state index contributed by atoms with van der Waals surface area (Å²) in [5, 5.41) is 13.4. The molecule has 2 aromatic rings. The van der Waals surface area contributed by atoms with Crippen LogP contribution in [0.1, 0.15) is 35.8 Å². The molecule has 0 heterocycles. The van der Waals surface area contributed by atoms with Gasteiger partial charge in [-0.15, -0.1) is 0 Å². The van der Waals surface area contributed by atoms with E-state index in [1.54, 1.807) is 12.1 Å². The van der Waals surface area contributed by atoms with Crippen molar-refractivity contribution >= 4 is 0 Å². The number of nitrogens with one attached hydrogen (secondary N) is 1. The molecule has 0 saturated heterocycles. The lowest BCUT2D eigenvalue weighted by molar-refractivity contribution is 0.170. The highest BCUT2D eigenvalue weighted by Gasteiger charge is 2.14. The second-order valence-corrected chi connectivity index (χ2v) is 5.45. The Hall–Kier alpha value is -1.91. The molecule has 2 N–H and O–H groups in total. The summed E-state index contributed by atoms with van der Waals surface area (Å²) >= 11 is 0. The SMILES string of the molecule is COc1ccc(C(C)NCC(O)c2cccc(C)c2)c(F)c1. The molecule has 4 heteroatoms. The maximum absolute atomic E-state index is 14.0. The van der Waals surface area contributed by atoms with Crippen LogP contribution in [-0.4, -0.2) is 18.8 Å². The molecule has 0 bridgehead atoms. The molecule has 0 amide bonds. The van der Waals surface area contributed by atoms with Gasteiger partial charge in [0.25, 0.3) is 0 Å². The third-order valence-electron chi connectivity index (χ3n) is 3.72. The molecule has 2 unspecified atom stereocenters. The lowest BCUT2D eigenvalue weighted by Crippen LogP contribution is -2.25. The van der Waals surface area contributed by atoms with E-state index >= 15 is 0 Å². The molecule has 3 nitrogen and oxygen atoms in total. The first-order valence-electron chi connectivity index (χ1n) is 7.32. The highest BCUT2D eigenvalue weighted by Crippen LogP contribution is 2.22. The monoisotopic (exact) mass is 303 g/mol. The summed E-state index contributed by atoms with van der Waals surface area (Å²) in [6.07, 6.45) is -0.622. The number of rotatable bonds is 6. The Morgan fingerprint density at radius 1 is 1.23 bits per heavy atom. The number of aliphatic hydroxyl groups is 1.